The highest BCUT2D eigenvalue weighted by Gasteiger charge is 2.31. The number of amides is 2. The molecule has 29 heavy (non-hydrogen) atoms. The Bertz CT molecular complexity index is 912. The molecule has 1 aliphatic rings. The predicted octanol–water partition coefficient (Wildman–Crippen LogP) is 4.02. The van der Waals surface area contributed by atoms with Gasteiger partial charge in [-0.2, -0.15) is 13.2 Å². The zero-order valence-corrected chi connectivity index (χ0v) is 15.1. The molecule has 1 fully saturated rings. The molecule has 1 N–H and O–H groups in total. The van der Waals surface area contributed by atoms with Crippen LogP contribution in [0, 0.1) is 11.6 Å². The van der Waals surface area contributed by atoms with Crippen molar-refractivity contribution in [2.24, 2.45) is 0 Å². The fourth-order valence-corrected chi connectivity index (χ4v) is 3.19. The summed E-state index contributed by atoms with van der Waals surface area (Å²) in [6.07, 6.45) is -3.42. The summed E-state index contributed by atoms with van der Waals surface area (Å²) in [7, 11) is 0. The average molecular weight is 412 g/mol. The first-order chi connectivity index (χ1) is 13.6. The monoisotopic (exact) mass is 412 g/mol. The van der Waals surface area contributed by atoms with Crippen LogP contribution in [0.15, 0.2) is 42.5 Å². The fourth-order valence-electron chi connectivity index (χ4n) is 3.19. The maximum Gasteiger partial charge on any atom is 0.416 e. The number of nitrogens with one attached hydrogen (secondary N) is 1. The molecule has 1 saturated heterocycles. The van der Waals surface area contributed by atoms with Gasteiger partial charge < -0.3 is 10.2 Å². The summed E-state index contributed by atoms with van der Waals surface area (Å²) < 4.78 is 65.1. The summed E-state index contributed by atoms with van der Waals surface area (Å²) in [4.78, 5) is 26.1. The van der Waals surface area contributed by atoms with Crippen molar-refractivity contribution in [3.8, 4) is 0 Å². The zero-order valence-electron chi connectivity index (χ0n) is 15.1. The first-order valence-corrected chi connectivity index (χ1v) is 8.87. The molecule has 0 spiro atoms. The number of nitrogens with zero attached hydrogens (tertiary/aromatic N) is 1. The molecule has 1 heterocycles. The van der Waals surface area contributed by atoms with Gasteiger partial charge in [-0.1, -0.05) is 0 Å². The molecule has 1 aliphatic heterocycles. The van der Waals surface area contributed by atoms with Crippen LogP contribution in [0.3, 0.4) is 0 Å². The Balaban J connectivity index is 1.65. The molecule has 0 aromatic heterocycles. The normalized spacial score (nSPS) is 17.1. The highest BCUT2D eigenvalue weighted by atomic mass is 19.4. The van der Waals surface area contributed by atoms with Gasteiger partial charge in [0.2, 0.25) is 0 Å². The molecule has 154 valence electrons. The van der Waals surface area contributed by atoms with Crippen LogP contribution in [0.4, 0.5) is 22.0 Å². The number of hydrogen-bond donors (Lipinski definition) is 1. The van der Waals surface area contributed by atoms with Crippen molar-refractivity contribution in [1.82, 2.24) is 10.2 Å². The van der Waals surface area contributed by atoms with Gasteiger partial charge in [-0.25, -0.2) is 8.78 Å². The molecule has 2 aromatic carbocycles. The van der Waals surface area contributed by atoms with E-state index in [1.807, 2.05) is 0 Å². The number of carbonyl (C=O) groups excluding carboxylic acids is 2. The van der Waals surface area contributed by atoms with Gasteiger partial charge in [0.1, 0.15) is 11.6 Å². The lowest BCUT2D eigenvalue weighted by molar-refractivity contribution is -0.137. The molecule has 0 bridgehead atoms. The highest BCUT2D eigenvalue weighted by molar-refractivity contribution is 5.95. The van der Waals surface area contributed by atoms with Crippen molar-refractivity contribution in [1.29, 1.82) is 0 Å². The molecule has 9 heteroatoms. The van der Waals surface area contributed by atoms with Crippen molar-refractivity contribution < 1.29 is 31.5 Å². The molecule has 2 amide bonds. The Morgan fingerprint density at radius 2 is 1.72 bits per heavy atom. The van der Waals surface area contributed by atoms with E-state index in [-0.39, 0.29) is 17.7 Å². The molecule has 1 atom stereocenters. The number of hydrogen-bond acceptors (Lipinski definition) is 2. The smallest absolute Gasteiger partial charge is 0.348 e. The van der Waals surface area contributed by atoms with E-state index >= 15 is 0 Å². The Labute approximate surface area is 163 Å². The van der Waals surface area contributed by atoms with E-state index in [0.29, 0.717) is 19.4 Å². The standard InChI is InChI=1S/C20H17F5N2O2/c21-14-7-8-17(22)16(10-14)19(29)27-9-1-2-15(11-27)26-18(28)12-3-5-13(6-4-12)20(23,24)25/h3-8,10,15H,1-2,9,11H2,(H,26,28). The second-order valence-electron chi connectivity index (χ2n) is 6.76. The first-order valence-electron chi connectivity index (χ1n) is 8.87. The van der Waals surface area contributed by atoms with Crippen LogP contribution < -0.4 is 5.32 Å². The summed E-state index contributed by atoms with van der Waals surface area (Å²) in [5, 5.41) is 2.67. The van der Waals surface area contributed by atoms with Gasteiger partial charge in [-0.15, -0.1) is 0 Å². The molecule has 4 nitrogen and oxygen atoms in total. The number of benzene rings is 2. The van der Waals surface area contributed by atoms with E-state index in [2.05, 4.69) is 5.32 Å². The van der Waals surface area contributed by atoms with Crippen LogP contribution in [0.1, 0.15) is 39.1 Å². The summed E-state index contributed by atoms with van der Waals surface area (Å²) in [6.45, 7) is 0.405. The van der Waals surface area contributed by atoms with E-state index in [9.17, 15) is 31.5 Å². The molecular formula is C20H17F5N2O2. The van der Waals surface area contributed by atoms with Crippen molar-refractivity contribution >= 4 is 11.8 Å². The number of piperidine rings is 1. The Kier molecular flexibility index (Phi) is 5.86. The molecule has 1 unspecified atom stereocenters. The minimum Gasteiger partial charge on any atom is -0.348 e. The summed E-state index contributed by atoms with van der Waals surface area (Å²) >= 11 is 0. The number of halogens is 5. The summed E-state index contributed by atoms with van der Waals surface area (Å²) in [5.74, 6) is -2.84. The molecule has 0 aliphatic carbocycles. The van der Waals surface area contributed by atoms with E-state index in [0.717, 1.165) is 42.5 Å². The Morgan fingerprint density at radius 3 is 2.38 bits per heavy atom. The molecule has 0 radical (unpaired) electrons. The van der Waals surface area contributed by atoms with E-state index in [1.165, 1.54) is 4.90 Å². The Hall–Kier alpha value is -2.97. The SMILES string of the molecule is O=C(NC1CCCN(C(=O)c2cc(F)ccc2F)C1)c1ccc(C(F)(F)F)cc1. The van der Waals surface area contributed by atoms with Crippen molar-refractivity contribution in [3.63, 3.8) is 0 Å². The third-order valence-electron chi connectivity index (χ3n) is 4.68. The lowest BCUT2D eigenvalue weighted by atomic mass is 10.0. The zero-order chi connectivity index (χ0) is 21.2. The lowest BCUT2D eigenvalue weighted by Crippen LogP contribution is -2.49. The van der Waals surface area contributed by atoms with Crippen molar-refractivity contribution in [2.45, 2.75) is 25.1 Å². The first kappa shape index (κ1) is 20.8. The van der Waals surface area contributed by atoms with Crippen LogP contribution in [0.25, 0.3) is 0 Å². The fraction of sp³-hybridized carbons (Fsp3) is 0.300. The van der Waals surface area contributed by atoms with Crippen LogP contribution in [-0.2, 0) is 6.18 Å². The van der Waals surface area contributed by atoms with Crippen LogP contribution in [0.5, 0.6) is 0 Å². The van der Waals surface area contributed by atoms with Gasteiger partial charge in [-0.05, 0) is 55.3 Å². The summed E-state index contributed by atoms with van der Waals surface area (Å²) in [6, 6.07) is 5.93. The van der Waals surface area contributed by atoms with E-state index < -0.39 is 41.2 Å². The number of likely N-dealkylation sites (tertiary alicyclic amines) is 1. The maximum absolute atomic E-state index is 13.9. The quantitative estimate of drug-likeness (QED) is 0.775. The second kappa shape index (κ2) is 8.18. The molecule has 3 rings (SSSR count). The minimum absolute atomic E-state index is 0.0534. The van der Waals surface area contributed by atoms with Crippen LogP contribution >= 0.6 is 0 Å². The third-order valence-corrected chi connectivity index (χ3v) is 4.68. The van der Waals surface area contributed by atoms with Gasteiger partial charge in [0.05, 0.1) is 11.1 Å². The summed E-state index contributed by atoms with van der Waals surface area (Å²) in [5.41, 5.74) is -1.20. The maximum atomic E-state index is 13.9. The average Bonchev–Trinajstić information content (AvgIpc) is 2.69. The molecule has 0 saturated carbocycles. The molecule has 2 aromatic rings. The topological polar surface area (TPSA) is 49.4 Å². The van der Waals surface area contributed by atoms with Gasteiger partial charge >= 0.3 is 6.18 Å². The van der Waals surface area contributed by atoms with Crippen LogP contribution in [0.2, 0.25) is 0 Å². The minimum atomic E-state index is -4.49. The van der Waals surface area contributed by atoms with Crippen molar-refractivity contribution in [2.75, 3.05) is 13.1 Å². The number of rotatable bonds is 3. The third kappa shape index (κ3) is 4.90. The van der Waals surface area contributed by atoms with E-state index in [4.69, 9.17) is 0 Å². The second-order valence-corrected chi connectivity index (χ2v) is 6.76. The lowest BCUT2D eigenvalue weighted by Gasteiger charge is -2.33. The number of alkyl halides is 3. The predicted molar refractivity (Wildman–Crippen MR) is 94.2 cm³/mol. The van der Waals surface area contributed by atoms with Gasteiger partial charge in [0, 0.05) is 24.7 Å². The highest BCUT2D eigenvalue weighted by Crippen LogP contribution is 2.29. The van der Waals surface area contributed by atoms with Gasteiger partial charge in [0.15, 0.2) is 0 Å². The Morgan fingerprint density at radius 1 is 1.03 bits per heavy atom. The van der Waals surface area contributed by atoms with E-state index in [1.54, 1.807) is 0 Å². The van der Waals surface area contributed by atoms with Gasteiger partial charge in [-0.3, -0.25) is 9.59 Å². The largest absolute Gasteiger partial charge is 0.416 e. The number of carbonyl (C=O) groups is 2. The van der Waals surface area contributed by atoms with Crippen LogP contribution in [-0.4, -0.2) is 35.8 Å². The molecular weight excluding hydrogens is 395 g/mol. The van der Waals surface area contributed by atoms with Crippen molar-refractivity contribution in [3.05, 3.63) is 70.8 Å². The van der Waals surface area contributed by atoms with Gasteiger partial charge in [0.25, 0.3) is 11.8 Å².